The summed E-state index contributed by atoms with van der Waals surface area (Å²) < 4.78 is 28.7. The number of sulfone groups is 1. The zero-order valence-corrected chi connectivity index (χ0v) is 14.6. The monoisotopic (exact) mass is 354 g/mol. The summed E-state index contributed by atoms with van der Waals surface area (Å²) in [6.07, 6.45) is 2.98. The van der Waals surface area contributed by atoms with Crippen LogP contribution in [0, 0.1) is 5.92 Å². The van der Waals surface area contributed by atoms with E-state index in [9.17, 15) is 18.4 Å². The number of hydrogen-bond acceptors (Lipinski definition) is 6. The lowest BCUT2D eigenvalue weighted by molar-refractivity contribution is -0.133. The van der Waals surface area contributed by atoms with E-state index >= 15 is 0 Å². The molecule has 24 heavy (non-hydrogen) atoms. The number of amides is 1. The first kappa shape index (κ1) is 17.2. The second-order valence-electron chi connectivity index (χ2n) is 6.49. The van der Waals surface area contributed by atoms with Gasteiger partial charge in [0.15, 0.2) is 9.84 Å². The van der Waals surface area contributed by atoms with E-state index in [4.69, 9.17) is 4.74 Å². The third kappa shape index (κ3) is 3.13. The van der Waals surface area contributed by atoms with Crippen molar-refractivity contribution in [2.24, 2.45) is 5.92 Å². The fraction of sp³-hybridized carbons (Fsp3) is 0.562. The van der Waals surface area contributed by atoms with Gasteiger partial charge in [-0.15, -0.1) is 0 Å². The summed E-state index contributed by atoms with van der Waals surface area (Å²) in [5.41, 5.74) is 0.0550. The molecule has 1 unspecified atom stereocenters. The fourth-order valence-electron chi connectivity index (χ4n) is 3.57. The van der Waals surface area contributed by atoms with Gasteiger partial charge in [0.1, 0.15) is 5.75 Å². The number of carbonyl (C=O) groups is 1. The zero-order chi connectivity index (χ0) is 17.5. The molecule has 2 bridgehead atoms. The van der Waals surface area contributed by atoms with Crippen LogP contribution in [0.25, 0.3) is 0 Å². The van der Waals surface area contributed by atoms with Crippen molar-refractivity contribution in [3.63, 3.8) is 0 Å². The summed E-state index contributed by atoms with van der Waals surface area (Å²) >= 11 is 0. The third-order valence-corrected chi connectivity index (χ3v) is 6.08. The average Bonchev–Trinajstić information content (AvgIpc) is 2.60. The van der Waals surface area contributed by atoms with Gasteiger partial charge in [-0.05, 0) is 50.0 Å². The number of methoxy groups -OCH3 is 1. The van der Waals surface area contributed by atoms with Gasteiger partial charge >= 0.3 is 0 Å². The standard InChI is InChI=1S/C16H22N2O5S/c1-23-15-4-3-12(24(2,21)22)9-13(15)16(19)18(20)14-10-17-7-5-11(14)6-8-17/h3-4,9,11,14,20H,5-8,10H2,1-2H3. The van der Waals surface area contributed by atoms with Gasteiger partial charge in [0.25, 0.3) is 5.91 Å². The molecule has 1 amide bonds. The topological polar surface area (TPSA) is 87.2 Å². The first-order valence-corrected chi connectivity index (χ1v) is 9.83. The number of piperidine rings is 3. The Morgan fingerprint density at radius 3 is 2.50 bits per heavy atom. The zero-order valence-electron chi connectivity index (χ0n) is 13.8. The number of hydroxylamine groups is 2. The van der Waals surface area contributed by atoms with Crippen molar-refractivity contribution in [3.8, 4) is 5.75 Å². The minimum absolute atomic E-state index is 0.0222. The molecule has 3 aliphatic rings. The maximum absolute atomic E-state index is 12.8. The van der Waals surface area contributed by atoms with Crippen molar-refractivity contribution in [1.29, 1.82) is 0 Å². The van der Waals surface area contributed by atoms with E-state index in [1.54, 1.807) is 0 Å². The smallest absolute Gasteiger partial charge is 0.281 e. The molecule has 0 aromatic heterocycles. The Balaban J connectivity index is 1.91. The van der Waals surface area contributed by atoms with Crippen LogP contribution in [0.2, 0.25) is 0 Å². The van der Waals surface area contributed by atoms with Crippen molar-refractivity contribution in [2.75, 3.05) is 33.0 Å². The summed E-state index contributed by atoms with van der Waals surface area (Å²) in [7, 11) is -2.05. The number of benzene rings is 1. The molecule has 3 heterocycles. The quantitative estimate of drug-likeness (QED) is 0.642. The lowest BCUT2D eigenvalue weighted by Gasteiger charge is -2.46. The van der Waals surface area contributed by atoms with E-state index in [0.717, 1.165) is 37.3 Å². The number of rotatable bonds is 4. The maximum atomic E-state index is 12.8. The summed E-state index contributed by atoms with van der Waals surface area (Å²) in [6, 6.07) is 3.82. The number of nitrogens with zero attached hydrogens (tertiary/aromatic N) is 2. The molecule has 132 valence electrons. The van der Waals surface area contributed by atoms with E-state index in [-0.39, 0.29) is 28.2 Å². The molecular formula is C16H22N2O5S. The molecule has 8 heteroatoms. The predicted octanol–water partition coefficient (Wildman–Crippen LogP) is 1.02. The van der Waals surface area contributed by atoms with Gasteiger partial charge in [-0.2, -0.15) is 0 Å². The Hall–Kier alpha value is -1.64. The molecule has 7 nitrogen and oxygen atoms in total. The first-order valence-electron chi connectivity index (χ1n) is 7.94. The van der Waals surface area contributed by atoms with Crippen LogP contribution in [-0.2, 0) is 9.84 Å². The SMILES string of the molecule is COc1ccc(S(C)(=O)=O)cc1C(=O)N(O)C1CN2CCC1CC2. The van der Waals surface area contributed by atoms with Gasteiger partial charge < -0.3 is 9.64 Å². The van der Waals surface area contributed by atoms with Crippen LogP contribution < -0.4 is 4.74 Å². The van der Waals surface area contributed by atoms with Gasteiger partial charge in [-0.1, -0.05) is 0 Å². The van der Waals surface area contributed by atoms with Crippen LogP contribution in [-0.4, -0.2) is 68.5 Å². The second kappa shape index (κ2) is 6.34. The van der Waals surface area contributed by atoms with Crippen LogP contribution in [0.5, 0.6) is 5.75 Å². The lowest BCUT2D eigenvalue weighted by Crippen LogP contribution is -2.57. The molecule has 1 aromatic carbocycles. The summed E-state index contributed by atoms with van der Waals surface area (Å²) in [5.74, 6) is -0.114. The Kier molecular flexibility index (Phi) is 4.54. The van der Waals surface area contributed by atoms with E-state index in [2.05, 4.69) is 4.90 Å². The Morgan fingerprint density at radius 2 is 2.00 bits per heavy atom. The molecule has 4 rings (SSSR count). The number of fused-ring (bicyclic) bond motifs is 3. The van der Waals surface area contributed by atoms with E-state index in [1.807, 2.05) is 0 Å². The van der Waals surface area contributed by atoms with Crippen LogP contribution in [0.4, 0.5) is 0 Å². The van der Waals surface area contributed by atoms with Gasteiger partial charge in [-0.3, -0.25) is 10.0 Å². The number of ether oxygens (including phenoxy) is 1. The molecule has 1 N–H and O–H groups in total. The van der Waals surface area contributed by atoms with Crippen molar-refractivity contribution >= 4 is 15.7 Å². The van der Waals surface area contributed by atoms with Crippen molar-refractivity contribution in [2.45, 2.75) is 23.8 Å². The highest BCUT2D eigenvalue weighted by Gasteiger charge is 2.40. The molecule has 1 aromatic rings. The Morgan fingerprint density at radius 1 is 1.33 bits per heavy atom. The minimum Gasteiger partial charge on any atom is -0.496 e. The molecule has 3 aliphatic heterocycles. The Bertz CT molecular complexity index is 741. The molecule has 3 saturated heterocycles. The lowest BCUT2D eigenvalue weighted by atomic mass is 9.83. The normalized spacial score (nSPS) is 26.2. The van der Waals surface area contributed by atoms with Crippen LogP contribution in [0.1, 0.15) is 23.2 Å². The highest BCUT2D eigenvalue weighted by Crippen LogP contribution is 2.32. The maximum Gasteiger partial charge on any atom is 0.281 e. The van der Waals surface area contributed by atoms with Crippen molar-refractivity contribution in [3.05, 3.63) is 23.8 Å². The van der Waals surface area contributed by atoms with Crippen LogP contribution >= 0.6 is 0 Å². The first-order chi connectivity index (χ1) is 11.3. The van der Waals surface area contributed by atoms with E-state index < -0.39 is 15.7 Å². The predicted molar refractivity (Wildman–Crippen MR) is 87.0 cm³/mol. The van der Waals surface area contributed by atoms with Gasteiger partial charge in [0.05, 0.1) is 23.6 Å². The second-order valence-corrected chi connectivity index (χ2v) is 8.51. The molecular weight excluding hydrogens is 332 g/mol. The van der Waals surface area contributed by atoms with Crippen molar-refractivity contribution < 1.29 is 23.2 Å². The van der Waals surface area contributed by atoms with Crippen LogP contribution in [0.15, 0.2) is 23.1 Å². The van der Waals surface area contributed by atoms with E-state index in [0.29, 0.717) is 6.54 Å². The molecule has 3 fully saturated rings. The molecule has 0 spiro atoms. The van der Waals surface area contributed by atoms with Gasteiger partial charge in [0.2, 0.25) is 0 Å². The average molecular weight is 354 g/mol. The summed E-state index contributed by atoms with van der Waals surface area (Å²) in [5, 5.41) is 11.2. The summed E-state index contributed by atoms with van der Waals surface area (Å²) in [4.78, 5) is 15.0. The number of hydrogen-bond donors (Lipinski definition) is 1. The third-order valence-electron chi connectivity index (χ3n) is 4.97. The van der Waals surface area contributed by atoms with Crippen molar-refractivity contribution in [1.82, 2.24) is 9.96 Å². The highest BCUT2D eigenvalue weighted by atomic mass is 32.2. The van der Waals surface area contributed by atoms with Gasteiger partial charge in [-0.25, -0.2) is 13.5 Å². The van der Waals surface area contributed by atoms with Crippen LogP contribution in [0.3, 0.4) is 0 Å². The summed E-state index contributed by atoms with van der Waals surface area (Å²) in [6.45, 7) is 2.63. The molecule has 1 atom stereocenters. The van der Waals surface area contributed by atoms with Gasteiger partial charge in [0, 0.05) is 12.8 Å². The largest absolute Gasteiger partial charge is 0.496 e. The molecule has 0 radical (unpaired) electrons. The molecule has 0 aliphatic carbocycles. The fourth-order valence-corrected chi connectivity index (χ4v) is 4.22. The number of carbonyl (C=O) groups excluding carboxylic acids is 1. The Labute approximate surface area is 141 Å². The molecule has 0 saturated carbocycles. The minimum atomic E-state index is -3.46. The highest BCUT2D eigenvalue weighted by molar-refractivity contribution is 7.90. The van der Waals surface area contributed by atoms with E-state index in [1.165, 1.54) is 25.3 Å².